The first kappa shape index (κ1) is 18.7. The van der Waals surface area contributed by atoms with E-state index in [0.29, 0.717) is 32.4 Å². The van der Waals surface area contributed by atoms with Gasteiger partial charge in [0.15, 0.2) is 0 Å². The first-order valence-corrected chi connectivity index (χ1v) is 8.62. The first-order valence-electron chi connectivity index (χ1n) is 8.62. The van der Waals surface area contributed by atoms with Crippen LogP contribution in [0.25, 0.3) is 0 Å². The van der Waals surface area contributed by atoms with Crippen molar-refractivity contribution in [2.24, 2.45) is 0 Å². The van der Waals surface area contributed by atoms with Crippen molar-refractivity contribution in [2.45, 2.75) is 32.4 Å². The second-order valence-electron chi connectivity index (χ2n) is 6.32. The van der Waals surface area contributed by atoms with Crippen molar-refractivity contribution in [3.8, 4) is 0 Å². The molecule has 2 aromatic carbocycles. The zero-order chi connectivity index (χ0) is 18.1. The highest BCUT2D eigenvalue weighted by Crippen LogP contribution is 2.09. The lowest BCUT2D eigenvalue weighted by Gasteiger charge is -2.19. The SMILES string of the molecule is CN(Cc1ccccc1)C(=O)CCCC(=O)N(C)Cc1ccccc1. The van der Waals surface area contributed by atoms with Crippen LogP contribution in [0.4, 0.5) is 0 Å². The third-order valence-electron chi connectivity index (χ3n) is 4.16. The lowest BCUT2D eigenvalue weighted by Crippen LogP contribution is -2.28. The Morgan fingerprint density at radius 1 is 0.680 bits per heavy atom. The van der Waals surface area contributed by atoms with Crippen LogP contribution in [-0.2, 0) is 22.7 Å². The quantitative estimate of drug-likeness (QED) is 0.739. The Morgan fingerprint density at radius 2 is 1.04 bits per heavy atom. The van der Waals surface area contributed by atoms with Gasteiger partial charge in [0.05, 0.1) is 0 Å². The molecule has 0 aliphatic carbocycles. The predicted molar refractivity (Wildman–Crippen MR) is 99.7 cm³/mol. The molecule has 0 saturated heterocycles. The fraction of sp³-hybridized carbons (Fsp3) is 0.333. The molecule has 0 heterocycles. The standard InChI is InChI=1S/C21H26N2O2/c1-22(16-18-10-5-3-6-11-18)20(24)14-9-15-21(25)23(2)17-19-12-7-4-8-13-19/h3-8,10-13H,9,14-17H2,1-2H3. The maximum absolute atomic E-state index is 12.2. The first-order chi connectivity index (χ1) is 12.1. The number of rotatable bonds is 8. The summed E-state index contributed by atoms with van der Waals surface area (Å²) in [4.78, 5) is 27.8. The fourth-order valence-corrected chi connectivity index (χ4v) is 2.66. The molecule has 132 valence electrons. The van der Waals surface area contributed by atoms with E-state index in [1.807, 2.05) is 60.7 Å². The topological polar surface area (TPSA) is 40.6 Å². The molecular formula is C21H26N2O2. The molecule has 0 bridgehead atoms. The van der Waals surface area contributed by atoms with Crippen molar-refractivity contribution in [3.05, 3.63) is 71.8 Å². The van der Waals surface area contributed by atoms with Crippen molar-refractivity contribution >= 4 is 11.8 Å². The molecule has 0 aliphatic heterocycles. The van der Waals surface area contributed by atoms with Gasteiger partial charge in [-0.25, -0.2) is 0 Å². The highest BCUT2D eigenvalue weighted by molar-refractivity contribution is 5.78. The van der Waals surface area contributed by atoms with Gasteiger partial charge in [-0.15, -0.1) is 0 Å². The summed E-state index contributed by atoms with van der Waals surface area (Å²) in [6, 6.07) is 19.8. The van der Waals surface area contributed by atoms with Gasteiger partial charge < -0.3 is 9.80 Å². The Balaban J connectivity index is 1.70. The van der Waals surface area contributed by atoms with Crippen molar-refractivity contribution in [1.29, 1.82) is 0 Å². The molecule has 0 fully saturated rings. The van der Waals surface area contributed by atoms with Gasteiger partial charge in [0.2, 0.25) is 11.8 Å². The summed E-state index contributed by atoms with van der Waals surface area (Å²) in [6.45, 7) is 1.20. The summed E-state index contributed by atoms with van der Waals surface area (Å²) in [5.74, 6) is 0.143. The van der Waals surface area contributed by atoms with Gasteiger partial charge in [-0.05, 0) is 17.5 Å². The highest BCUT2D eigenvalue weighted by Gasteiger charge is 2.13. The van der Waals surface area contributed by atoms with E-state index in [4.69, 9.17) is 0 Å². The van der Waals surface area contributed by atoms with Gasteiger partial charge in [-0.1, -0.05) is 60.7 Å². The smallest absolute Gasteiger partial charge is 0.222 e. The second kappa shape index (κ2) is 9.62. The lowest BCUT2D eigenvalue weighted by molar-refractivity contribution is -0.132. The van der Waals surface area contributed by atoms with E-state index in [1.54, 1.807) is 23.9 Å². The number of carbonyl (C=O) groups excluding carboxylic acids is 2. The molecule has 0 aliphatic rings. The van der Waals surface area contributed by atoms with Crippen LogP contribution in [0.2, 0.25) is 0 Å². The van der Waals surface area contributed by atoms with E-state index >= 15 is 0 Å². The Labute approximate surface area is 150 Å². The summed E-state index contributed by atoms with van der Waals surface area (Å²) in [5.41, 5.74) is 2.22. The normalized spacial score (nSPS) is 10.3. The van der Waals surface area contributed by atoms with Crippen molar-refractivity contribution in [3.63, 3.8) is 0 Å². The summed E-state index contributed by atoms with van der Waals surface area (Å²) < 4.78 is 0. The molecule has 0 N–H and O–H groups in total. The molecule has 25 heavy (non-hydrogen) atoms. The number of hydrogen-bond acceptors (Lipinski definition) is 2. The van der Waals surface area contributed by atoms with Crippen LogP contribution in [0.1, 0.15) is 30.4 Å². The van der Waals surface area contributed by atoms with Gasteiger partial charge in [0.1, 0.15) is 0 Å². The molecule has 4 heteroatoms. The Hall–Kier alpha value is -2.62. The van der Waals surface area contributed by atoms with Crippen LogP contribution in [0.15, 0.2) is 60.7 Å². The van der Waals surface area contributed by atoms with Crippen LogP contribution in [0, 0.1) is 0 Å². The van der Waals surface area contributed by atoms with Gasteiger partial charge in [0.25, 0.3) is 0 Å². The average Bonchev–Trinajstić information content (AvgIpc) is 2.63. The Kier molecular flexibility index (Phi) is 7.20. The summed E-state index contributed by atoms with van der Waals surface area (Å²) in [7, 11) is 3.61. The van der Waals surface area contributed by atoms with Crippen LogP contribution in [0.5, 0.6) is 0 Å². The van der Waals surface area contributed by atoms with Crippen LogP contribution < -0.4 is 0 Å². The van der Waals surface area contributed by atoms with Gasteiger partial charge in [0, 0.05) is 40.0 Å². The molecule has 4 nitrogen and oxygen atoms in total. The molecule has 0 unspecified atom stereocenters. The van der Waals surface area contributed by atoms with Crippen LogP contribution >= 0.6 is 0 Å². The Bertz CT molecular complexity index is 611. The Morgan fingerprint density at radius 3 is 1.40 bits per heavy atom. The van der Waals surface area contributed by atoms with Crippen LogP contribution in [-0.4, -0.2) is 35.7 Å². The van der Waals surface area contributed by atoms with E-state index in [9.17, 15) is 9.59 Å². The van der Waals surface area contributed by atoms with Gasteiger partial charge in [-0.2, -0.15) is 0 Å². The maximum atomic E-state index is 12.2. The summed E-state index contributed by atoms with van der Waals surface area (Å²) in [5, 5.41) is 0. The molecule has 0 aromatic heterocycles. The van der Waals surface area contributed by atoms with E-state index in [0.717, 1.165) is 11.1 Å². The van der Waals surface area contributed by atoms with E-state index in [2.05, 4.69) is 0 Å². The third kappa shape index (κ3) is 6.42. The molecule has 2 rings (SSSR count). The number of hydrogen-bond donors (Lipinski definition) is 0. The lowest BCUT2D eigenvalue weighted by atomic mass is 10.1. The minimum absolute atomic E-state index is 0.0716. The monoisotopic (exact) mass is 338 g/mol. The summed E-state index contributed by atoms with van der Waals surface area (Å²) in [6.07, 6.45) is 1.37. The molecule has 0 saturated carbocycles. The maximum Gasteiger partial charge on any atom is 0.222 e. The van der Waals surface area contributed by atoms with Gasteiger partial charge >= 0.3 is 0 Å². The molecule has 0 atom stereocenters. The largest absolute Gasteiger partial charge is 0.341 e. The minimum Gasteiger partial charge on any atom is -0.341 e. The van der Waals surface area contributed by atoms with E-state index in [-0.39, 0.29) is 11.8 Å². The highest BCUT2D eigenvalue weighted by atomic mass is 16.2. The third-order valence-corrected chi connectivity index (χ3v) is 4.16. The second-order valence-corrected chi connectivity index (χ2v) is 6.32. The zero-order valence-corrected chi connectivity index (χ0v) is 15.0. The molecule has 2 amide bonds. The molecular weight excluding hydrogens is 312 g/mol. The van der Waals surface area contributed by atoms with Crippen molar-refractivity contribution in [2.75, 3.05) is 14.1 Å². The number of carbonyl (C=O) groups is 2. The van der Waals surface area contributed by atoms with Crippen molar-refractivity contribution < 1.29 is 9.59 Å². The molecule has 0 radical (unpaired) electrons. The number of benzene rings is 2. The minimum atomic E-state index is 0.0716. The van der Waals surface area contributed by atoms with E-state index in [1.165, 1.54) is 0 Å². The van der Waals surface area contributed by atoms with Crippen LogP contribution in [0.3, 0.4) is 0 Å². The average molecular weight is 338 g/mol. The van der Waals surface area contributed by atoms with Crippen molar-refractivity contribution in [1.82, 2.24) is 9.80 Å². The number of amides is 2. The fourth-order valence-electron chi connectivity index (χ4n) is 2.66. The van der Waals surface area contributed by atoms with E-state index < -0.39 is 0 Å². The predicted octanol–water partition coefficient (Wildman–Crippen LogP) is 3.47. The number of nitrogens with zero attached hydrogens (tertiary/aromatic N) is 2. The van der Waals surface area contributed by atoms with Gasteiger partial charge in [-0.3, -0.25) is 9.59 Å². The molecule has 2 aromatic rings. The zero-order valence-electron chi connectivity index (χ0n) is 15.0. The summed E-state index contributed by atoms with van der Waals surface area (Å²) >= 11 is 0. The molecule has 0 spiro atoms.